The lowest BCUT2D eigenvalue weighted by atomic mass is 10.2. The molecule has 0 unspecified atom stereocenters. The Kier molecular flexibility index (Phi) is 6.32. The molecule has 1 heterocycles. The summed E-state index contributed by atoms with van der Waals surface area (Å²) in [5.41, 5.74) is 5.16. The molecule has 1 aromatic heterocycles. The molecule has 0 fully saturated rings. The van der Waals surface area contributed by atoms with Gasteiger partial charge >= 0.3 is 0 Å². The van der Waals surface area contributed by atoms with Crippen LogP contribution in [-0.2, 0) is 27.4 Å². The van der Waals surface area contributed by atoms with Crippen molar-refractivity contribution in [2.45, 2.75) is 13.2 Å². The van der Waals surface area contributed by atoms with Crippen LogP contribution in [0.15, 0.2) is 54.6 Å². The van der Waals surface area contributed by atoms with Crippen LogP contribution < -0.4 is 11.3 Å². The summed E-state index contributed by atoms with van der Waals surface area (Å²) in [7, 11) is 0. The summed E-state index contributed by atoms with van der Waals surface area (Å²) in [6.07, 6.45) is 0. The lowest BCUT2D eigenvalue weighted by Gasteiger charge is -2.04. The Morgan fingerprint density at radius 2 is 1.77 bits per heavy atom. The number of ether oxygens (including phenoxy) is 2. The maximum atomic E-state index is 11.0. The molecule has 3 rings (SSSR count). The van der Waals surface area contributed by atoms with E-state index in [4.69, 9.17) is 20.4 Å². The number of nitrogens with zero attached hydrogens (tertiary/aromatic N) is 2. The van der Waals surface area contributed by atoms with E-state index < -0.39 is 0 Å². The first kappa shape index (κ1) is 18.1. The fraction of sp³-hybridized carbons (Fsp3) is 0.263. The highest BCUT2D eigenvalue weighted by atomic mass is 16.5. The fourth-order valence-corrected chi connectivity index (χ4v) is 2.67. The Morgan fingerprint density at radius 1 is 1.04 bits per heavy atom. The van der Waals surface area contributed by atoms with Gasteiger partial charge in [-0.2, -0.15) is 5.10 Å². The van der Waals surface area contributed by atoms with Crippen molar-refractivity contribution in [3.63, 3.8) is 0 Å². The Morgan fingerprint density at radius 3 is 2.58 bits per heavy atom. The summed E-state index contributed by atoms with van der Waals surface area (Å²) >= 11 is 0. The monoisotopic (exact) mass is 354 g/mol. The highest BCUT2D eigenvalue weighted by Crippen LogP contribution is 2.20. The van der Waals surface area contributed by atoms with Gasteiger partial charge in [0, 0.05) is 5.39 Å². The van der Waals surface area contributed by atoms with Crippen molar-refractivity contribution >= 4 is 16.8 Å². The third kappa shape index (κ3) is 4.66. The van der Waals surface area contributed by atoms with Crippen LogP contribution in [0.1, 0.15) is 11.3 Å². The lowest BCUT2D eigenvalue weighted by molar-refractivity contribution is -0.126. The number of hydrogen-bond donors (Lipinski definition) is 2. The quantitative estimate of drug-likeness (QED) is 0.264. The number of benzene rings is 2. The third-order valence-corrected chi connectivity index (χ3v) is 3.91. The number of aromatic nitrogens is 2. The van der Waals surface area contributed by atoms with Crippen LogP contribution in [0.3, 0.4) is 0 Å². The number of rotatable bonds is 9. The van der Waals surface area contributed by atoms with Crippen LogP contribution in [-0.4, -0.2) is 35.5 Å². The molecule has 0 spiro atoms. The molecule has 0 aliphatic heterocycles. The molecule has 0 saturated heterocycles. The van der Waals surface area contributed by atoms with Gasteiger partial charge in [-0.3, -0.25) is 14.9 Å². The smallest absolute Gasteiger partial charge is 0.259 e. The molecule has 0 aliphatic rings. The van der Waals surface area contributed by atoms with Crippen LogP contribution in [0.2, 0.25) is 0 Å². The second-order valence-corrected chi connectivity index (χ2v) is 5.78. The molecule has 0 radical (unpaired) electrons. The molecular weight excluding hydrogens is 332 g/mol. The van der Waals surface area contributed by atoms with Gasteiger partial charge in [0.15, 0.2) is 0 Å². The molecule has 7 nitrogen and oxygen atoms in total. The van der Waals surface area contributed by atoms with Gasteiger partial charge in [0.05, 0.1) is 37.6 Å². The summed E-state index contributed by atoms with van der Waals surface area (Å²) in [4.78, 5) is 11.0. The molecule has 2 aromatic carbocycles. The lowest BCUT2D eigenvalue weighted by Crippen LogP contribution is -2.33. The maximum Gasteiger partial charge on any atom is 0.259 e. The first-order valence-corrected chi connectivity index (χ1v) is 8.41. The van der Waals surface area contributed by atoms with Crippen molar-refractivity contribution < 1.29 is 14.3 Å². The van der Waals surface area contributed by atoms with E-state index in [1.807, 2.05) is 46.5 Å². The van der Waals surface area contributed by atoms with Gasteiger partial charge in [0.1, 0.15) is 6.61 Å². The van der Waals surface area contributed by atoms with E-state index in [9.17, 15) is 4.79 Å². The number of para-hydroxylation sites is 1. The van der Waals surface area contributed by atoms with Gasteiger partial charge in [-0.25, -0.2) is 5.84 Å². The van der Waals surface area contributed by atoms with E-state index in [2.05, 4.69) is 18.2 Å². The van der Waals surface area contributed by atoms with E-state index in [0.29, 0.717) is 26.4 Å². The highest BCUT2D eigenvalue weighted by molar-refractivity contribution is 5.81. The van der Waals surface area contributed by atoms with Crippen LogP contribution in [0.25, 0.3) is 10.9 Å². The van der Waals surface area contributed by atoms with Crippen molar-refractivity contribution in [3.8, 4) is 0 Å². The van der Waals surface area contributed by atoms with Crippen LogP contribution in [0, 0.1) is 0 Å². The number of fused-ring (bicyclic) bond motifs is 1. The number of nitrogens with two attached hydrogens (primary N) is 1. The average molecular weight is 354 g/mol. The minimum absolute atomic E-state index is 0.0749. The first-order chi connectivity index (χ1) is 12.8. The SMILES string of the molecule is NNC(=O)COCCOCc1nn(Cc2ccccc2)c2ccccc12. The standard InChI is InChI=1S/C19H22N4O3/c20-21-19(24)14-26-11-10-25-13-17-16-8-4-5-9-18(16)23(22-17)12-15-6-2-1-3-7-15/h1-9H,10-14,20H2,(H,21,24). The van der Waals surface area contributed by atoms with E-state index in [1.165, 1.54) is 5.56 Å². The Labute approximate surface area is 151 Å². The maximum absolute atomic E-state index is 11.0. The predicted octanol–water partition coefficient (Wildman–Crippen LogP) is 1.61. The van der Waals surface area contributed by atoms with Gasteiger partial charge in [-0.15, -0.1) is 0 Å². The molecule has 26 heavy (non-hydrogen) atoms. The van der Waals surface area contributed by atoms with Crippen molar-refractivity contribution in [3.05, 3.63) is 65.9 Å². The van der Waals surface area contributed by atoms with E-state index in [0.717, 1.165) is 16.6 Å². The fourth-order valence-electron chi connectivity index (χ4n) is 2.67. The molecule has 0 atom stereocenters. The molecule has 0 saturated carbocycles. The molecule has 0 aliphatic carbocycles. The zero-order valence-electron chi connectivity index (χ0n) is 14.4. The second-order valence-electron chi connectivity index (χ2n) is 5.78. The van der Waals surface area contributed by atoms with Crippen molar-refractivity contribution in [2.75, 3.05) is 19.8 Å². The Bertz CT molecular complexity index is 848. The van der Waals surface area contributed by atoms with E-state index >= 15 is 0 Å². The minimum Gasteiger partial charge on any atom is -0.373 e. The molecule has 0 bridgehead atoms. The summed E-state index contributed by atoms with van der Waals surface area (Å²) < 4.78 is 12.8. The summed E-state index contributed by atoms with van der Waals surface area (Å²) in [6.45, 7) is 1.70. The van der Waals surface area contributed by atoms with Crippen LogP contribution in [0.5, 0.6) is 0 Å². The summed E-state index contributed by atoms with van der Waals surface area (Å²) in [5.74, 6) is 4.61. The molecular formula is C19H22N4O3. The summed E-state index contributed by atoms with van der Waals surface area (Å²) in [5, 5.41) is 5.79. The molecule has 3 N–H and O–H groups in total. The second kappa shape index (κ2) is 9.10. The van der Waals surface area contributed by atoms with Crippen molar-refractivity contribution in [1.82, 2.24) is 15.2 Å². The van der Waals surface area contributed by atoms with Gasteiger partial charge < -0.3 is 9.47 Å². The number of hydrogen-bond acceptors (Lipinski definition) is 5. The van der Waals surface area contributed by atoms with Crippen LogP contribution in [0.4, 0.5) is 0 Å². The van der Waals surface area contributed by atoms with Gasteiger partial charge in [-0.05, 0) is 11.6 Å². The average Bonchev–Trinajstić information content (AvgIpc) is 3.03. The Hall–Kier alpha value is -2.74. The Balaban J connectivity index is 1.61. The molecule has 3 aromatic rings. The number of nitrogens with one attached hydrogen (secondary N) is 1. The normalized spacial score (nSPS) is 11.0. The van der Waals surface area contributed by atoms with Gasteiger partial charge in [-0.1, -0.05) is 48.5 Å². The molecule has 7 heteroatoms. The number of amides is 1. The van der Waals surface area contributed by atoms with Crippen LogP contribution >= 0.6 is 0 Å². The van der Waals surface area contributed by atoms with Gasteiger partial charge in [0.2, 0.25) is 0 Å². The topological polar surface area (TPSA) is 91.4 Å². The highest BCUT2D eigenvalue weighted by Gasteiger charge is 2.10. The summed E-state index contributed by atoms with van der Waals surface area (Å²) in [6, 6.07) is 18.3. The van der Waals surface area contributed by atoms with Crippen molar-refractivity contribution in [2.24, 2.45) is 5.84 Å². The number of carbonyl (C=O) groups excluding carboxylic acids is 1. The third-order valence-electron chi connectivity index (χ3n) is 3.91. The predicted molar refractivity (Wildman–Crippen MR) is 98.1 cm³/mol. The van der Waals surface area contributed by atoms with Gasteiger partial charge in [0.25, 0.3) is 5.91 Å². The zero-order chi connectivity index (χ0) is 18.2. The van der Waals surface area contributed by atoms with E-state index in [1.54, 1.807) is 0 Å². The van der Waals surface area contributed by atoms with E-state index in [-0.39, 0.29) is 12.5 Å². The van der Waals surface area contributed by atoms with Crippen molar-refractivity contribution in [1.29, 1.82) is 0 Å². The first-order valence-electron chi connectivity index (χ1n) is 8.41. The largest absolute Gasteiger partial charge is 0.373 e. The minimum atomic E-state index is -0.365. The zero-order valence-corrected chi connectivity index (χ0v) is 14.4. The molecule has 1 amide bonds. The molecule has 136 valence electrons. The number of hydrazine groups is 1. The number of carbonyl (C=O) groups is 1.